The number of nitro groups is 1. The molecule has 0 fully saturated rings. The Morgan fingerprint density at radius 2 is 2.00 bits per heavy atom. The molecule has 0 spiro atoms. The summed E-state index contributed by atoms with van der Waals surface area (Å²) in [5, 5.41) is 21.4. The van der Waals surface area contributed by atoms with Crippen molar-refractivity contribution in [1.29, 1.82) is 0 Å². The maximum atomic E-state index is 12.9. The molecule has 0 unspecified atom stereocenters. The quantitative estimate of drug-likeness (QED) is 0.337. The van der Waals surface area contributed by atoms with Crippen LogP contribution in [0.25, 0.3) is 11.3 Å². The molecule has 0 radical (unpaired) electrons. The van der Waals surface area contributed by atoms with Gasteiger partial charge in [-0.1, -0.05) is 23.9 Å². The van der Waals surface area contributed by atoms with Gasteiger partial charge in [-0.2, -0.15) is 23.5 Å². The average Bonchev–Trinajstić information content (AvgIpc) is 3.18. The second-order valence-corrected chi connectivity index (χ2v) is 6.92. The van der Waals surface area contributed by atoms with Crippen LogP contribution >= 0.6 is 11.8 Å². The molecule has 12 heteroatoms. The van der Waals surface area contributed by atoms with Crippen LogP contribution in [0.1, 0.15) is 23.0 Å². The minimum Gasteiger partial charge on any atom is -0.461 e. The van der Waals surface area contributed by atoms with Gasteiger partial charge >= 0.3 is 12.1 Å². The molecule has 156 valence electrons. The van der Waals surface area contributed by atoms with Crippen LogP contribution in [0, 0.1) is 10.1 Å². The third kappa shape index (κ3) is 4.59. The van der Waals surface area contributed by atoms with Crippen LogP contribution in [0.4, 0.5) is 18.9 Å². The van der Waals surface area contributed by atoms with Crippen LogP contribution in [-0.4, -0.2) is 32.9 Å². The number of aromatic nitrogens is 3. The summed E-state index contributed by atoms with van der Waals surface area (Å²) in [6.45, 7) is 1.72. The number of benzene rings is 2. The van der Waals surface area contributed by atoms with E-state index in [1.807, 2.05) is 0 Å². The molecule has 1 aromatic heterocycles. The Morgan fingerprint density at radius 1 is 1.23 bits per heavy atom. The smallest absolute Gasteiger partial charge is 0.416 e. The third-order valence-electron chi connectivity index (χ3n) is 3.83. The monoisotopic (exact) mass is 438 g/mol. The summed E-state index contributed by atoms with van der Waals surface area (Å²) in [5.74, 6) is -0.744. The summed E-state index contributed by atoms with van der Waals surface area (Å²) in [5.41, 5.74) is -1.05. The van der Waals surface area contributed by atoms with Gasteiger partial charge in [-0.15, -0.1) is 5.10 Å². The summed E-state index contributed by atoms with van der Waals surface area (Å²) in [6.07, 6.45) is -4.52. The van der Waals surface area contributed by atoms with Crippen molar-refractivity contribution in [2.45, 2.75) is 22.9 Å². The normalized spacial score (nSPS) is 11.3. The summed E-state index contributed by atoms with van der Waals surface area (Å²) < 4.78 is 43.6. The molecule has 3 aromatic rings. The van der Waals surface area contributed by atoms with Crippen molar-refractivity contribution in [1.82, 2.24) is 15.4 Å². The number of nitrogens with zero attached hydrogens (tertiary/aromatic N) is 3. The van der Waals surface area contributed by atoms with Gasteiger partial charge < -0.3 is 4.74 Å². The molecule has 2 aromatic carbocycles. The number of alkyl halides is 3. The highest BCUT2D eigenvalue weighted by atomic mass is 32.2. The van der Waals surface area contributed by atoms with Crippen molar-refractivity contribution in [3.05, 3.63) is 63.8 Å². The van der Waals surface area contributed by atoms with Gasteiger partial charge in [-0.3, -0.25) is 10.1 Å². The predicted octanol–water partition coefficient (Wildman–Crippen LogP) is 4.73. The highest BCUT2D eigenvalue weighted by Gasteiger charge is 2.30. The number of ether oxygens (including phenoxy) is 1. The van der Waals surface area contributed by atoms with Crippen LogP contribution in [-0.2, 0) is 10.9 Å². The molecular formula is C18H13F3N4O4S. The zero-order valence-electron chi connectivity index (χ0n) is 15.3. The van der Waals surface area contributed by atoms with Crippen molar-refractivity contribution < 1.29 is 27.6 Å². The fraction of sp³-hybridized carbons (Fsp3) is 0.167. The molecule has 0 aliphatic carbocycles. The van der Waals surface area contributed by atoms with Crippen LogP contribution in [0.2, 0.25) is 0 Å². The Bertz CT molecular complexity index is 1100. The largest absolute Gasteiger partial charge is 0.461 e. The van der Waals surface area contributed by atoms with Gasteiger partial charge in [0.15, 0.2) is 5.69 Å². The fourth-order valence-electron chi connectivity index (χ4n) is 2.53. The van der Waals surface area contributed by atoms with Crippen molar-refractivity contribution in [2.75, 3.05) is 6.61 Å². The number of nitrogens with one attached hydrogen (secondary N) is 1. The van der Waals surface area contributed by atoms with Crippen LogP contribution in [0.15, 0.2) is 52.3 Å². The fourth-order valence-corrected chi connectivity index (χ4v) is 3.49. The first-order valence-corrected chi connectivity index (χ1v) is 9.24. The van der Waals surface area contributed by atoms with E-state index in [1.165, 1.54) is 30.3 Å². The molecule has 30 heavy (non-hydrogen) atoms. The average molecular weight is 438 g/mol. The zero-order valence-corrected chi connectivity index (χ0v) is 16.1. The molecule has 0 saturated carbocycles. The highest BCUT2D eigenvalue weighted by Crippen LogP contribution is 2.39. The first kappa shape index (κ1) is 21.3. The number of hydrogen-bond acceptors (Lipinski definition) is 7. The maximum absolute atomic E-state index is 12.9. The summed E-state index contributed by atoms with van der Waals surface area (Å²) in [4.78, 5) is 23.2. The van der Waals surface area contributed by atoms with Gasteiger partial charge in [0.25, 0.3) is 5.69 Å². The standard InChI is InChI=1S/C18H13F3N4O4S/c1-2-29-17(26)16-15(22-24-23-16)10-6-7-14(13(8-10)25(27)28)30-12-5-3-4-11(9-12)18(19,20)21/h3-9H,2H2,1H3,(H,22,23,24). The summed E-state index contributed by atoms with van der Waals surface area (Å²) in [7, 11) is 0. The second kappa shape index (κ2) is 8.53. The van der Waals surface area contributed by atoms with Crippen molar-refractivity contribution in [2.24, 2.45) is 0 Å². The number of nitro benzene ring substituents is 1. The van der Waals surface area contributed by atoms with Crippen molar-refractivity contribution in [3.63, 3.8) is 0 Å². The van der Waals surface area contributed by atoms with Gasteiger partial charge in [-0.25, -0.2) is 4.79 Å². The molecule has 0 aliphatic heterocycles. The van der Waals surface area contributed by atoms with E-state index in [0.29, 0.717) is 0 Å². The number of aromatic amines is 1. The van der Waals surface area contributed by atoms with E-state index in [9.17, 15) is 28.1 Å². The Morgan fingerprint density at radius 3 is 2.67 bits per heavy atom. The molecule has 0 saturated heterocycles. The number of rotatable bonds is 6. The van der Waals surface area contributed by atoms with Gasteiger partial charge in [0.1, 0.15) is 5.69 Å². The van der Waals surface area contributed by atoms with Crippen LogP contribution < -0.4 is 0 Å². The minimum absolute atomic E-state index is 0.0622. The molecule has 1 N–H and O–H groups in total. The second-order valence-electron chi connectivity index (χ2n) is 5.81. The zero-order chi connectivity index (χ0) is 21.9. The van der Waals surface area contributed by atoms with Crippen molar-refractivity contribution in [3.8, 4) is 11.3 Å². The lowest BCUT2D eigenvalue weighted by molar-refractivity contribution is -0.387. The highest BCUT2D eigenvalue weighted by molar-refractivity contribution is 7.99. The van der Waals surface area contributed by atoms with E-state index >= 15 is 0 Å². The molecule has 0 aliphatic rings. The van der Waals surface area contributed by atoms with Crippen molar-refractivity contribution >= 4 is 23.4 Å². The van der Waals surface area contributed by atoms with Gasteiger partial charge in [-0.05, 0) is 31.2 Å². The SMILES string of the molecule is CCOC(=O)c1n[nH]nc1-c1ccc(Sc2cccc(C(F)(F)F)c2)c([N+](=O)[O-])c1. The van der Waals surface area contributed by atoms with E-state index in [2.05, 4.69) is 15.4 Å². The molecule has 0 amide bonds. The third-order valence-corrected chi connectivity index (χ3v) is 4.89. The number of esters is 1. The lowest BCUT2D eigenvalue weighted by atomic mass is 10.1. The van der Waals surface area contributed by atoms with E-state index < -0.39 is 22.6 Å². The number of carbonyl (C=O) groups is 1. The van der Waals surface area contributed by atoms with E-state index in [-0.39, 0.29) is 39.0 Å². The first-order chi connectivity index (χ1) is 14.2. The van der Waals surface area contributed by atoms with Gasteiger partial charge in [0, 0.05) is 16.5 Å². The lowest BCUT2D eigenvalue weighted by Gasteiger charge is -2.09. The Hall–Kier alpha value is -3.41. The van der Waals surface area contributed by atoms with Crippen LogP contribution in [0.5, 0.6) is 0 Å². The Balaban J connectivity index is 1.97. The first-order valence-electron chi connectivity index (χ1n) is 8.42. The molecule has 8 nitrogen and oxygen atoms in total. The molecule has 1 heterocycles. The number of hydrogen-bond donors (Lipinski definition) is 1. The molecule has 0 atom stereocenters. The summed E-state index contributed by atoms with van der Waals surface area (Å²) in [6, 6.07) is 8.50. The molecular weight excluding hydrogens is 425 g/mol. The van der Waals surface area contributed by atoms with E-state index in [0.717, 1.165) is 23.9 Å². The van der Waals surface area contributed by atoms with E-state index in [1.54, 1.807) is 6.92 Å². The number of H-pyrrole nitrogens is 1. The topological polar surface area (TPSA) is 111 Å². The molecule has 3 rings (SSSR count). The molecule has 0 bridgehead atoms. The number of halogens is 3. The van der Waals surface area contributed by atoms with Gasteiger partial charge in [0.2, 0.25) is 0 Å². The maximum Gasteiger partial charge on any atom is 0.416 e. The van der Waals surface area contributed by atoms with E-state index in [4.69, 9.17) is 4.74 Å². The summed E-state index contributed by atoms with van der Waals surface area (Å²) >= 11 is 0.820. The Kier molecular flexibility index (Phi) is 6.06. The minimum atomic E-state index is -4.52. The van der Waals surface area contributed by atoms with Crippen LogP contribution in [0.3, 0.4) is 0 Å². The predicted molar refractivity (Wildman–Crippen MR) is 100.0 cm³/mol. The van der Waals surface area contributed by atoms with Gasteiger partial charge in [0.05, 0.1) is 22.0 Å². The Labute approximate surface area is 171 Å². The number of carbonyl (C=O) groups excluding carboxylic acids is 1. The lowest BCUT2D eigenvalue weighted by Crippen LogP contribution is -2.07.